The molecule has 5 aromatic rings. The molecule has 0 atom stereocenters. The minimum atomic E-state index is -4.71. The number of hydrogen-bond acceptors (Lipinski definition) is 7. The third kappa shape index (κ3) is 8.83. The van der Waals surface area contributed by atoms with Crippen LogP contribution in [0.4, 0.5) is 17.6 Å². The molecule has 17 heteroatoms. The van der Waals surface area contributed by atoms with Crippen LogP contribution < -0.4 is 21.0 Å². The van der Waals surface area contributed by atoms with Crippen LogP contribution in [0, 0.1) is 5.82 Å². The lowest BCUT2D eigenvalue weighted by atomic mass is 9.97. The first-order valence-corrected chi connectivity index (χ1v) is 15.5. The number of hydrogen-bond donors (Lipinski definition) is 1. The zero-order valence-electron chi connectivity index (χ0n) is 24.1. The highest BCUT2D eigenvalue weighted by Gasteiger charge is 2.30. The number of alkyl halides is 3. The second-order valence-electron chi connectivity index (χ2n) is 9.68. The van der Waals surface area contributed by atoms with Crippen molar-refractivity contribution in [2.24, 2.45) is 5.14 Å². The van der Waals surface area contributed by atoms with Gasteiger partial charge in [0, 0.05) is 5.56 Å². The van der Waals surface area contributed by atoms with Crippen LogP contribution in [0.5, 0.6) is 5.75 Å². The van der Waals surface area contributed by atoms with Gasteiger partial charge in [-0.2, -0.15) is 23.4 Å². The Labute approximate surface area is 274 Å². The van der Waals surface area contributed by atoms with Gasteiger partial charge in [-0.25, -0.2) is 27.3 Å². The minimum absolute atomic E-state index is 0.0225. The van der Waals surface area contributed by atoms with E-state index in [1.165, 1.54) is 36.2 Å². The molecule has 2 aromatic heterocycles. The summed E-state index contributed by atoms with van der Waals surface area (Å²) in [4.78, 5) is 24.4. The maximum Gasteiger partial charge on any atom is 0.408 e. The fraction of sp³-hybridized carbons (Fsp3) is 0.133. The smallest absolute Gasteiger partial charge is 0.408 e. The van der Waals surface area contributed by atoms with Crippen molar-refractivity contribution in [1.82, 2.24) is 19.6 Å². The molecule has 0 radical (unpaired) electrons. The largest absolute Gasteiger partial charge is 0.493 e. The molecule has 0 unspecified atom stereocenters. The summed E-state index contributed by atoms with van der Waals surface area (Å²) >= 11 is 11.5. The molecule has 0 spiro atoms. The van der Waals surface area contributed by atoms with E-state index in [9.17, 15) is 35.6 Å². The number of methoxy groups -OCH3 is 1. The monoisotopic (exact) mass is 711 g/mol. The summed E-state index contributed by atoms with van der Waals surface area (Å²) in [5, 5.41) is 12.4. The topological polar surface area (TPSA) is 139 Å². The summed E-state index contributed by atoms with van der Waals surface area (Å²) in [5.41, 5.74) is -0.420. The maximum absolute atomic E-state index is 14.0. The molecule has 0 aliphatic carbocycles. The highest BCUT2D eigenvalue weighted by molar-refractivity contribution is 7.89. The van der Waals surface area contributed by atoms with Gasteiger partial charge in [-0.15, -0.1) is 0 Å². The van der Waals surface area contributed by atoms with Crippen molar-refractivity contribution >= 4 is 33.2 Å². The summed E-state index contributed by atoms with van der Waals surface area (Å²) in [6, 6.07) is 17.9. The minimum Gasteiger partial charge on any atom is -0.493 e. The summed E-state index contributed by atoms with van der Waals surface area (Å²) in [7, 11) is -2.53. The third-order valence-corrected chi connectivity index (χ3v) is 8.01. The fourth-order valence-electron chi connectivity index (χ4n) is 4.21. The van der Waals surface area contributed by atoms with Crippen molar-refractivity contribution in [3.8, 4) is 28.0 Å². The summed E-state index contributed by atoms with van der Waals surface area (Å²) in [6.07, 6.45) is -2.26. The van der Waals surface area contributed by atoms with Crippen LogP contribution in [0.15, 0.2) is 99.7 Å². The second-order valence-corrected chi connectivity index (χ2v) is 12.0. The van der Waals surface area contributed by atoms with Crippen LogP contribution in [0.3, 0.4) is 0 Å². The molecular formula is C30H23Cl2F4N5O5S. The Morgan fingerprint density at radius 2 is 1.49 bits per heavy atom. The van der Waals surface area contributed by atoms with Crippen molar-refractivity contribution < 1.29 is 30.7 Å². The molecule has 5 rings (SSSR count). The van der Waals surface area contributed by atoms with Crippen molar-refractivity contribution in [1.29, 1.82) is 0 Å². The molecule has 10 nitrogen and oxygen atoms in total. The number of benzene rings is 3. The van der Waals surface area contributed by atoms with E-state index in [0.29, 0.717) is 12.3 Å². The molecule has 0 amide bonds. The standard InChI is InChI=1S/C18H12ClF4N3O3S.C12H11ClN2O2/c19-14-6-3-11(7-15(14)20)16-13(8-25-26(17(16)27)9-18(21,22)23)10-1-4-12(5-2-10)30(24,28)29;1-17-10-7-14-15(12(16)11(10)13)8-9-5-3-2-4-6-9/h1-8H,9H2,(H2,24,28,29);2-7H,8H2,1H3. The van der Waals surface area contributed by atoms with Gasteiger partial charge < -0.3 is 4.74 Å². The Hall–Kier alpha value is -4.57. The molecule has 0 fully saturated rings. The van der Waals surface area contributed by atoms with E-state index < -0.39 is 34.1 Å². The Morgan fingerprint density at radius 3 is 2.06 bits per heavy atom. The van der Waals surface area contributed by atoms with Crippen LogP contribution in [-0.2, 0) is 23.1 Å². The van der Waals surface area contributed by atoms with Crippen LogP contribution in [0.25, 0.3) is 22.3 Å². The molecule has 47 heavy (non-hydrogen) atoms. The van der Waals surface area contributed by atoms with E-state index >= 15 is 0 Å². The zero-order chi connectivity index (χ0) is 34.5. The van der Waals surface area contributed by atoms with Crippen molar-refractivity contribution in [2.75, 3.05) is 7.11 Å². The number of nitrogens with zero attached hydrogens (tertiary/aromatic N) is 4. The van der Waals surface area contributed by atoms with Gasteiger partial charge in [0.05, 0.1) is 41.5 Å². The molecule has 0 aliphatic rings. The molecule has 0 aliphatic heterocycles. The molecule has 0 saturated carbocycles. The first-order valence-electron chi connectivity index (χ1n) is 13.2. The highest BCUT2D eigenvalue weighted by Crippen LogP contribution is 2.31. The lowest BCUT2D eigenvalue weighted by Crippen LogP contribution is -2.31. The van der Waals surface area contributed by atoms with E-state index in [2.05, 4.69) is 10.2 Å². The number of sulfonamides is 1. The Kier molecular flexibility index (Phi) is 10.9. The first-order chi connectivity index (χ1) is 22.1. The molecule has 0 bridgehead atoms. The van der Waals surface area contributed by atoms with Gasteiger partial charge in [0.15, 0.2) is 10.8 Å². The predicted molar refractivity (Wildman–Crippen MR) is 167 cm³/mol. The van der Waals surface area contributed by atoms with E-state index in [-0.39, 0.29) is 47.4 Å². The van der Waals surface area contributed by atoms with Crippen molar-refractivity contribution in [3.05, 3.63) is 127 Å². The number of halogens is 6. The van der Waals surface area contributed by atoms with Gasteiger partial charge in [0.2, 0.25) is 10.0 Å². The molecule has 3 aromatic carbocycles. The molecule has 2 heterocycles. The van der Waals surface area contributed by atoms with E-state index in [1.807, 2.05) is 30.3 Å². The second kappa shape index (κ2) is 14.5. The average molecular weight is 713 g/mol. The Bertz CT molecular complexity index is 2130. The molecule has 2 N–H and O–H groups in total. The maximum atomic E-state index is 14.0. The first kappa shape index (κ1) is 35.3. The van der Waals surface area contributed by atoms with Crippen LogP contribution >= 0.6 is 23.2 Å². The van der Waals surface area contributed by atoms with Gasteiger partial charge in [-0.3, -0.25) is 9.59 Å². The lowest BCUT2D eigenvalue weighted by Gasteiger charge is -2.14. The summed E-state index contributed by atoms with van der Waals surface area (Å²) < 4.78 is 81.7. The number of nitrogens with two attached hydrogens (primary N) is 1. The van der Waals surface area contributed by atoms with Crippen LogP contribution in [-0.4, -0.2) is 41.3 Å². The lowest BCUT2D eigenvalue weighted by molar-refractivity contribution is -0.143. The van der Waals surface area contributed by atoms with Gasteiger partial charge in [0.1, 0.15) is 12.4 Å². The number of primary sulfonamides is 1. The summed E-state index contributed by atoms with van der Waals surface area (Å²) in [5.74, 6) is -0.579. The Morgan fingerprint density at radius 1 is 0.872 bits per heavy atom. The quantitative estimate of drug-likeness (QED) is 0.219. The number of ether oxygens (including phenoxy) is 1. The average Bonchev–Trinajstić information content (AvgIpc) is 3.02. The van der Waals surface area contributed by atoms with Crippen LogP contribution in [0.2, 0.25) is 10.0 Å². The van der Waals surface area contributed by atoms with E-state index in [1.54, 1.807) is 0 Å². The zero-order valence-corrected chi connectivity index (χ0v) is 26.4. The number of aromatic nitrogens is 4. The van der Waals surface area contributed by atoms with Gasteiger partial charge in [-0.1, -0.05) is 71.7 Å². The van der Waals surface area contributed by atoms with Crippen LogP contribution in [0.1, 0.15) is 5.56 Å². The van der Waals surface area contributed by atoms with Gasteiger partial charge in [0.25, 0.3) is 11.1 Å². The Balaban J connectivity index is 0.000000248. The normalized spacial score (nSPS) is 11.5. The molecule has 0 saturated heterocycles. The summed E-state index contributed by atoms with van der Waals surface area (Å²) in [6.45, 7) is -1.25. The SMILES string of the molecule is COc1cnn(Cc2ccccc2)c(=O)c1Cl.NS(=O)(=O)c1ccc(-c2cnn(CC(F)(F)F)c(=O)c2-c2ccc(Cl)c(F)c2)cc1. The van der Waals surface area contributed by atoms with Gasteiger partial charge >= 0.3 is 6.18 Å². The molecular weight excluding hydrogens is 689 g/mol. The number of rotatable bonds is 7. The van der Waals surface area contributed by atoms with Crippen molar-refractivity contribution in [3.63, 3.8) is 0 Å². The molecule has 246 valence electrons. The third-order valence-electron chi connectivity index (χ3n) is 6.42. The fourth-order valence-corrected chi connectivity index (χ4v) is 5.06. The van der Waals surface area contributed by atoms with E-state index in [0.717, 1.165) is 36.0 Å². The predicted octanol–water partition coefficient (Wildman–Crippen LogP) is 5.53. The van der Waals surface area contributed by atoms with Crippen molar-refractivity contribution in [2.45, 2.75) is 24.2 Å². The van der Waals surface area contributed by atoms with E-state index in [4.69, 9.17) is 33.1 Å². The van der Waals surface area contributed by atoms with Gasteiger partial charge in [-0.05, 0) is 41.0 Å². The highest BCUT2D eigenvalue weighted by atomic mass is 35.5.